The van der Waals surface area contributed by atoms with Gasteiger partial charge in [-0.2, -0.15) is 5.10 Å². The van der Waals surface area contributed by atoms with Crippen molar-refractivity contribution in [1.82, 2.24) is 25.1 Å². The molecule has 23 heavy (non-hydrogen) atoms. The van der Waals surface area contributed by atoms with Gasteiger partial charge in [0.15, 0.2) is 5.65 Å². The van der Waals surface area contributed by atoms with Gasteiger partial charge in [-0.1, -0.05) is 13.3 Å². The van der Waals surface area contributed by atoms with Crippen LogP contribution >= 0.6 is 22.6 Å². The van der Waals surface area contributed by atoms with Gasteiger partial charge in [-0.3, -0.25) is 0 Å². The topological polar surface area (TPSA) is 108 Å². The Morgan fingerprint density at radius 1 is 1.39 bits per heavy atom. The van der Waals surface area contributed by atoms with Crippen LogP contribution in [0.15, 0.2) is 6.33 Å². The van der Waals surface area contributed by atoms with E-state index in [2.05, 4.69) is 49.9 Å². The second-order valence-electron chi connectivity index (χ2n) is 5.09. The number of anilines is 1. The fourth-order valence-corrected chi connectivity index (χ4v) is 2.86. The van der Waals surface area contributed by atoms with Crippen LogP contribution in [0.2, 0.25) is 0 Å². The van der Waals surface area contributed by atoms with E-state index in [9.17, 15) is 4.79 Å². The maximum Gasteiger partial charge on any atom is 0.407 e. The van der Waals surface area contributed by atoms with Crippen LogP contribution in [0.1, 0.15) is 32.6 Å². The average molecular weight is 432 g/mol. The van der Waals surface area contributed by atoms with Gasteiger partial charge in [0.05, 0.1) is 12.0 Å². The number of amides is 1. The molecule has 1 amide bonds. The molecule has 0 aliphatic carbocycles. The largest absolute Gasteiger partial charge is 0.450 e. The van der Waals surface area contributed by atoms with Crippen LogP contribution in [0.25, 0.3) is 11.0 Å². The highest BCUT2D eigenvalue weighted by Crippen LogP contribution is 2.22. The molecule has 2 rings (SSSR count). The van der Waals surface area contributed by atoms with E-state index >= 15 is 0 Å². The number of aromatic nitrogens is 4. The van der Waals surface area contributed by atoms with Crippen molar-refractivity contribution in [2.24, 2.45) is 0 Å². The molecule has 0 saturated heterocycles. The summed E-state index contributed by atoms with van der Waals surface area (Å²) in [5, 5.41) is 7.98. The summed E-state index contributed by atoms with van der Waals surface area (Å²) in [5.41, 5.74) is 6.60. The quantitative estimate of drug-likeness (QED) is 0.490. The molecule has 0 fully saturated rings. The van der Waals surface area contributed by atoms with E-state index in [4.69, 9.17) is 10.5 Å². The maximum atomic E-state index is 11.4. The number of hydrogen-bond donors (Lipinski definition) is 2. The van der Waals surface area contributed by atoms with Gasteiger partial charge in [0.1, 0.15) is 15.8 Å². The van der Waals surface area contributed by atoms with Crippen LogP contribution in [0.5, 0.6) is 0 Å². The number of alkyl carbamates (subject to hydrolysis) is 1. The summed E-state index contributed by atoms with van der Waals surface area (Å²) in [4.78, 5) is 19.6. The highest BCUT2D eigenvalue weighted by atomic mass is 127. The number of fused-ring (bicyclic) bond motifs is 1. The summed E-state index contributed by atoms with van der Waals surface area (Å²) in [6.07, 6.45) is 4.70. The monoisotopic (exact) mass is 432 g/mol. The minimum absolute atomic E-state index is 0.349. The second kappa shape index (κ2) is 8.85. The number of nitrogen functional groups attached to an aromatic ring is 1. The summed E-state index contributed by atoms with van der Waals surface area (Å²) < 4.78 is 7.65. The van der Waals surface area contributed by atoms with Crippen LogP contribution in [0.3, 0.4) is 0 Å². The Morgan fingerprint density at radius 2 is 2.22 bits per heavy atom. The zero-order chi connectivity index (χ0) is 16.7. The van der Waals surface area contributed by atoms with Gasteiger partial charge in [0.25, 0.3) is 0 Å². The first kappa shape index (κ1) is 17.7. The van der Waals surface area contributed by atoms with Crippen molar-refractivity contribution < 1.29 is 9.53 Å². The van der Waals surface area contributed by atoms with Crippen molar-refractivity contribution in [2.75, 3.05) is 18.9 Å². The molecule has 0 aliphatic rings. The molecule has 3 N–H and O–H groups in total. The zero-order valence-electron chi connectivity index (χ0n) is 13.1. The molecule has 0 aromatic carbocycles. The summed E-state index contributed by atoms with van der Waals surface area (Å²) in [5.74, 6) is 0.446. The van der Waals surface area contributed by atoms with Gasteiger partial charge in [-0.15, -0.1) is 0 Å². The minimum atomic E-state index is -0.349. The molecular weight excluding hydrogens is 411 g/mol. The van der Waals surface area contributed by atoms with E-state index in [-0.39, 0.29) is 6.09 Å². The lowest BCUT2D eigenvalue weighted by Crippen LogP contribution is -2.25. The predicted molar refractivity (Wildman–Crippen MR) is 95.9 cm³/mol. The third-order valence-electron chi connectivity index (χ3n) is 3.31. The van der Waals surface area contributed by atoms with Crippen molar-refractivity contribution in [3.8, 4) is 0 Å². The van der Waals surface area contributed by atoms with Crippen LogP contribution in [-0.2, 0) is 11.3 Å². The lowest BCUT2D eigenvalue weighted by Gasteiger charge is -2.06. The van der Waals surface area contributed by atoms with Crippen molar-refractivity contribution >= 4 is 45.5 Å². The Balaban J connectivity index is 1.75. The second-order valence-corrected chi connectivity index (χ2v) is 6.12. The van der Waals surface area contributed by atoms with E-state index in [0.29, 0.717) is 25.5 Å². The number of unbranched alkanes of at least 4 members (excludes halogenated alkanes) is 2. The molecule has 0 radical (unpaired) electrons. The maximum absolute atomic E-state index is 11.4. The highest BCUT2D eigenvalue weighted by Gasteiger charge is 2.12. The van der Waals surface area contributed by atoms with Crippen LogP contribution in [-0.4, -0.2) is 39.0 Å². The summed E-state index contributed by atoms with van der Waals surface area (Å²) in [7, 11) is 0. The number of hydrogen-bond acceptors (Lipinski definition) is 6. The Hall–Kier alpha value is -1.65. The number of rotatable bonds is 8. The molecule has 0 bridgehead atoms. The molecule has 2 heterocycles. The predicted octanol–water partition coefficient (Wildman–Crippen LogP) is 2.32. The van der Waals surface area contributed by atoms with Gasteiger partial charge in [-0.25, -0.2) is 19.4 Å². The number of nitrogens with one attached hydrogen (secondary N) is 1. The van der Waals surface area contributed by atoms with E-state index in [1.54, 1.807) is 0 Å². The lowest BCUT2D eigenvalue weighted by atomic mass is 10.3. The van der Waals surface area contributed by atoms with Crippen molar-refractivity contribution in [3.05, 3.63) is 10.0 Å². The van der Waals surface area contributed by atoms with Gasteiger partial charge < -0.3 is 15.8 Å². The molecule has 2 aromatic rings. The number of halogens is 1. The molecule has 2 aromatic heterocycles. The number of ether oxygens (including phenoxy) is 1. The van der Waals surface area contributed by atoms with Crippen LogP contribution in [0, 0.1) is 3.70 Å². The van der Waals surface area contributed by atoms with Crippen LogP contribution < -0.4 is 11.1 Å². The van der Waals surface area contributed by atoms with E-state index in [1.807, 2.05) is 4.68 Å². The summed E-state index contributed by atoms with van der Waals surface area (Å²) >= 11 is 2.13. The lowest BCUT2D eigenvalue weighted by molar-refractivity contribution is 0.144. The smallest absolute Gasteiger partial charge is 0.407 e. The Bertz CT molecular complexity index is 660. The third-order valence-corrected chi connectivity index (χ3v) is 4.07. The van der Waals surface area contributed by atoms with Gasteiger partial charge >= 0.3 is 6.09 Å². The van der Waals surface area contributed by atoms with E-state index in [1.165, 1.54) is 6.33 Å². The molecule has 0 atom stereocenters. The average Bonchev–Trinajstić information content (AvgIpc) is 2.85. The first-order chi connectivity index (χ1) is 11.1. The first-order valence-corrected chi connectivity index (χ1v) is 8.74. The molecule has 8 nitrogen and oxygen atoms in total. The number of carbonyl (C=O) groups is 1. The van der Waals surface area contributed by atoms with E-state index in [0.717, 1.165) is 40.4 Å². The Morgan fingerprint density at radius 3 is 3.00 bits per heavy atom. The number of carbonyl (C=O) groups excluding carboxylic acids is 1. The fraction of sp³-hybridized carbons (Fsp3) is 0.571. The van der Waals surface area contributed by atoms with Crippen molar-refractivity contribution in [1.29, 1.82) is 0 Å². The molecule has 0 spiro atoms. The molecular formula is C14H21IN6O2. The minimum Gasteiger partial charge on any atom is -0.450 e. The standard InChI is InChI=1S/C14H21IN6O2/c1-2-3-8-23-14(22)17-6-4-5-7-21-13-10(11(15)20-21)12(16)18-9-19-13/h9H,2-8H2,1H3,(H,17,22)(H2,16,18,19). The number of aryl methyl sites for hydroxylation is 1. The molecule has 0 aliphatic heterocycles. The van der Waals surface area contributed by atoms with Crippen molar-refractivity contribution in [2.45, 2.75) is 39.2 Å². The first-order valence-electron chi connectivity index (χ1n) is 7.66. The normalized spacial score (nSPS) is 10.9. The zero-order valence-corrected chi connectivity index (χ0v) is 15.2. The SMILES string of the molecule is CCCCOC(=O)NCCCCn1nc(I)c2c(N)ncnc21. The fourth-order valence-electron chi connectivity index (χ4n) is 2.08. The third kappa shape index (κ3) is 4.91. The number of nitrogens with zero attached hydrogens (tertiary/aromatic N) is 4. The molecule has 126 valence electrons. The van der Waals surface area contributed by atoms with Gasteiger partial charge in [0, 0.05) is 13.1 Å². The highest BCUT2D eigenvalue weighted by molar-refractivity contribution is 14.1. The van der Waals surface area contributed by atoms with Gasteiger partial charge in [0.2, 0.25) is 0 Å². The van der Waals surface area contributed by atoms with Crippen LogP contribution in [0.4, 0.5) is 10.6 Å². The Kier molecular flexibility index (Phi) is 6.81. The summed E-state index contributed by atoms with van der Waals surface area (Å²) in [6, 6.07) is 0. The number of nitrogens with two attached hydrogens (primary N) is 1. The molecule has 9 heteroatoms. The Labute approximate surface area is 148 Å². The molecule has 0 unspecified atom stereocenters. The molecule has 0 saturated carbocycles. The van der Waals surface area contributed by atoms with Gasteiger partial charge in [-0.05, 0) is 41.9 Å². The van der Waals surface area contributed by atoms with E-state index < -0.39 is 0 Å². The van der Waals surface area contributed by atoms with Crippen molar-refractivity contribution in [3.63, 3.8) is 0 Å². The summed E-state index contributed by atoms with van der Waals surface area (Å²) in [6.45, 7) is 3.82.